The summed E-state index contributed by atoms with van der Waals surface area (Å²) in [5.74, 6) is 0.330. The minimum atomic E-state index is -0.504. The van der Waals surface area contributed by atoms with Gasteiger partial charge in [0, 0.05) is 55.1 Å². The van der Waals surface area contributed by atoms with Crippen molar-refractivity contribution in [1.82, 2.24) is 24.6 Å². The molecule has 3 saturated heterocycles. The molecule has 7 heteroatoms. The normalized spacial score (nSPS) is 21.8. The van der Waals surface area contributed by atoms with Crippen LogP contribution in [0, 0.1) is 13.8 Å². The number of aromatic amines is 1. The van der Waals surface area contributed by atoms with Gasteiger partial charge < -0.3 is 24.6 Å². The van der Waals surface area contributed by atoms with Crippen LogP contribution in [-0.4, -0.2) is 102 Å². The third-order valence-electron chi connectivity index (χ3n) is 10.2. The highest BCUT2D eigenvalue weighted by Gasteiger charge is 2.47. The molecule has 3 aliphatic rings. The Morgan fingerprint density at radius 3 is 2.12 bits per heavy atom. The number of aromatic nitrogens is 1. The Morgan fingerprint density at radius 2 is 1.52 bits per heavy atom. The van der Waals surface area contributed by atoms with Crippen LogP contribution >= 0.6 is 11.3 Å². The van der Waals surface area contributed by atoms with Gasteiger partial charge >= 0.3 is 0 Å². The Bertz CT molecular complexity index is 1370. The summed E-state index contributed by atoms with van der Waals surface area (Å²) < 4.78 is 0. The Kier molecular flexibility index (Phi) is 8.58. The van der Waals surface area contributed by atoms with E-state index in [1.165, 1.54) is 81.7 Å². The van der Waals surface area contributed by atoms with Crippen molar-refractivity contribution in [2.24, 2.45) is 0 Å². The lowest BCUT2D eigenvalue weighted by Gasteiger charge is -2.35. The zero-order valence-corrected chi connectivity index (χ0v) is 27.6. The number of carbonyl (C=O) groups excluding carboxylic acids is 1. The van der Waals surface area contributed by atoms with E-state index in [1.54, 1.807) is 11.3 Å². The first-order valence-electron chi connectivity index (χ1n) is 16.3. The molecule has 0 spiro atoms. The SMILES string of the molecule is Cc1cc(C)cc(-c2[nH]c3sc(C(C)(C)C(=O)N4C5CCC4CC5)cc3c2CCN2CCN(CCCN(C)C)CC2)c1. The van der Waals surface area contributed by atoms with Gasteiger partial charge in [-0.05, 0) is 123 Å². The number of benzene rings is 1. The van der Waals surface area contributed by atoms with E-state index in [-0.39, 0.29) is 0 Å². The lowest BCUT2D eigenvalue weighted by Crippen LogP contribution is -2.47. The van der Waals surface area contributed by atoms with Crippen LogP contribution < -0.4 is 0 Å². The molecular weight excluding hydrogens is 538 g/mol. The second-order valence-corrected chi connectivity index (χ2v) is 15.2. The number of fused-ring (bicyclic) bond motifs is 3. The number of amides is 1. The second-order valence-electron chi connectivity index (χ2n) is 14.1. The van der Waals surface area contributed by atoms with Gasteiger partial charge in [0.15, 0.2) is 0 Å². The summed E-state index contributed by atoms with van der Waals surface area (Å²) in [4.78, 5) is 30.0. The molecule has 2 bridgehead atoms. The maximum absolute atomic E-state index is 13.9. The number of thiophene rings is 1. The van der Waals surface area contributed by atoms with Crippen LogP contribution in [0.1, 0.15) is 67.5 Å². The average Bonchev–Trinajstić information content (AvgIpc) is 3.72. The molecule has 0 unspecified atom stereocenters. The molecule has 1 N–H and O–H groups in total. The predicted octanol–water partition coefficient (Wildman–Crippen LogP) is 6.06. The van der Waals surface area contributed by atoms with E-state index in [0.717, 1.165) is 45.7 Å². The monoisotopic (exact) mass is 589 g/mol. The van der Waals surface area contributed by atoms with E-state index >= 15 is 0 Å². The summed E-state index contributed by atoms with van der Waals surface area (Å²) in [6.07, 6.45) is 7.00. The Labute approximate surface area is 257 Å². The molecule has 5 heterocycles. The number of nitrogens with one attached hydrogen (secondary N) is 1. The first-order valence-corrected chi connectivity index (χ1v) is 17.1. The molecule has 0 atom stereocenters. The van der Waals surface area contributed by atoms with E-state index in [9.17, 15) is 4.79 Å². The molecule has 6 nitrogen and oxygen atoms in total. The molecule has 228 valence electrons. The van der Waals surface area contributed by atoms with Crippen molar-refractivity contribution in [2.75, 3.05) is 59.9 Å². The summed E-state index contributed by atoms with van der Waals surface area (Å²) in [5, 5.41) is 1.32. The van der Waals surface area contributed by atoms with E-state index in [1.807, 2.05) is 0 Å². The van der Waals surface area contributed by atoms with Crippen molar-refractivity contribution >= 4 is 27.5 Å². The highest BCUT2D eigenvalue weighted by atomic mass is 32.1. The van der Waals surface area contributed by atoms with Gasteiger partial charge in [-0.25, -0.2) is 0 Å². The fourth-order valence-corrected chi connectivity index (χ4v) is 8.94. The summed E-state index contributed by atoms with van der Waals surface area (Å²) in [7, 11) is 4.32. The largest absolute Gasteiger partial charge is 0.346 e. The van der Waals surface area contributed by atoms with Crippen LogP contribution in [0.5, 0.6) is 0 Å². The van der Waals surface area contributed by atoms with Crippen molar-refractivity contribution in [3.63, 3.8) is 0 Å². The number of nitrogens with zero attached hydrogens (tertiary/aromatic N) is 4. The van der Waals surface area contributed by atoms with E-state index in [2.05, 4.69) is 90.6 Å². The zero-order chi connectivity index (χ0) is 29.6. The molecule has 3 aliphatic heterocycles. The number of hydrogen-bond acceptors (Lipinski definition) is 5. The molecule has 3 aromatic rings. The van der Waals surface area contributed by atoms with Gasteiger partial charge in [-0.1, -0.05) is 17.2 Å². The van der Waals surface area contributed by atoms with Gasteiger partial charge in [0.1, 0.15) is 4.83 Å². The molecule has 42 heavy (non-hydrogen) atoms. The number of carbonyl (C=O) groups is 1. The summed E-state index contributed by atoms with van der Waals surface area (Å²) in [6, 6.07) is 10.2. The Balaban J connectivity index is 1.23. The maximum atomic E-state index is 13.9. The summed E-state index contributed by atoms with van der Waals surface area (Å²) in [6.45, 7) is 16.7. The summed E-state index contributed by atoms with van der Waals surface area (Å²) in [5.41, 5.74) is 6.05. The number of piperazine rings is 1. The third-order valence-corrected chi connectivity index (χ3v) is 11.5. The molecule has 0 radical (unpaired) electrons. The minimum absolute atomic E-state index is 0.330. The van der Waals surface area contributed by atoms with Crippen LogP contribution in [-0.2, 0) is 16.6 Å². The van der Waals surface area contributed by atoms with Crippen molar-refractivity contribution in [1.29, 1.82) is 0 Å². The van der Waals surface area contributed by atoms with Gasteiger partial charge in [0.25, 0.3) is 0 Å². The third kappa shape index (κ3) is 5.95. The predicted molar refractivity (Wildman–Crippen MR) is 177 cm³/mol. The molecule has 0 saturated carbocycles. The highest BCUT2D eigenvalue weighted by molar-refractivity contribution is 7.19. The molecule has 3 fully saturated rings. The van der Waals surface area contributed by atoms with Crippen LogP contribution in [0.25, 0.3) is 21.5 Å². The molecule has 2 aromatic heterocycles. The summed E-state index contributed by atoms with van der Waals surface area (Å²) >= 11 is 1.80. The van der Waals surface area contributed by atoms with Gasteiger partial charge in [-0.2, -0.15) is 0 Å². The molecule has 6 rings (SSSR count). The van der Waals surface area contributed by atoms with E-state index in [0.29, 0.717) is 18.0 Å². The molecule has 1 aromatic carbocycles. The quantitative estimate of drug-likeness (QED) is 0.313. The zero-order valence-electron chi connectivity index (χ0n) is 26.8. The van der Waals surface area contributed by atoms with Crippen LogP contribution in [0.2, 0.25) is 0 Å². The van der Waals surface area contributed by atoms with E-state index < -0.39 is 5.41 Å². The molecule has 1 amide bonds. The Hall–Kier alpha value is -2.19. The number of aryl methyl sites for hydroxylation is 2. The van der Waals surface area contributed by atoms with Crippen molar-refractivity contribution in [3.05, 3.63) is 45.8 Å². The smallest absolute Gasteiger partial charge is 0.233 e. The topological polar surface area (TPSA) is 45.8 Å². The van der Waals surface area contributed by atoms with Gasteiger partial charge in [0.05, 0.1) is 11.1 Å². The lowest BCUT2D eigenvalue weighted by atomic mass is 9.88. The number of hydrogen-bond donors (Lipinski definition) is 1. The van der Waals surface area contributed by atoms with E-state index in [4.69, 9.17) is 0 Å². The molecule has 0 aliphatic carbocycles. The van der Waals surface area contributed by atoms with Gasteiger partial charge in [0.2, 0.25) is 5.91 Å². The number of rotatable bonds is 10. The first-order chi connectivity index (χ1) is 20.1. The number of H-pyrrole nitrogens is 1. The molecular formula is C35H51N5OS. The lowest BCUT2D eigenvalue weighted by molar-refractivity contribution is -0.137. The fraction of sp³-hybridized carbons (Fsp3) is 0.629. The van der Waals surface area contributed by atoms with Crippen LogP contribution in [0.4, 0.5) is 0 Å². The van der Waals surface area contributed by atoms with Crippen molar-refractivity contribution in [2.45, 2.75) is 83.7 Å². The highest BCUT2D eigenvalue weighted by Crippen LogP contribution is 2.44. The van der Waals surface area contributed by atoms with Crippen molar-refractivity contribution in [3.8, 4) is 11.3 Å². The van der Waals surface area contributed by atoms with Crippen molar-refractivity contribution < 1.29 is 4.79 Å². The standard InChI is InChI=1S/C35H51N5OS/c1-24-20-25(2)22-26(21-24)32-29(12-15-39-18-16-38(17-19-39)14-7-13-37(5)6)30-23-31(42-33(30)36-32)35(3,4)34(41)40-27-8-9-28(40)11-10-27/h20-23,27-28,36H,7-19H2,1-6H3. The van der Waals surface area contributed by atoms with Crippen LogP contribution in [0.3, 0.4) is 0 Å². The minimum Gasteiger partial charge on any atom is -0.346 e. The second kappa shape index (κ2) is 12.1. The van der Waals surface area contributed by atoms with Gasteiger partial charge in [-0.3, -0.25) is 4.79 Å². The fourth-order valence-electron chi connectivity index (χ4n) is 7.75. The Morgan fingerprint density at radius 1 is 0.929 bits per heavy atom. The maximum Gasteiger partial charge on any atom is 0.233 e. The first kappa shape index (κ1) is 29.9. The average molecular weight is 590 g/mol. The van der Waals surface area contributed by atoms with Crippen LogP contribution in [0.15, 0.2) is 24.3 Å². The van der Waals surface area contributed by atoms with Gasteiger partial charge in [-0.15, -0.1) is 11.3 Å².